The summed E-state index contributed by atoms with van der Waals surface area (Å²) in [5.74, 6) is -0.000596. The number of carbonyl (C=O) groups excluding carboxylic acids is 2. The van der Waals surface area contributed by atoms with Crippen molar-refractivity contribution in [2.45, 2.75) is 45.6 Å². The number of nitrogens with two attached hydrogens (primary N) is 1. The molecule has 184 valence electrons. The van der Waals surface area contributed by atoms with Crippen molar-refractivity contribution < 1.29 is 14.7 Å². The average Bonchev–Trinajstić information content (AvgIpc) is 3.60. The van der Waals surface area contributed by atoms with Gasteiger partial charge in [-0.05, 0) is 26.2 Å². The van der Waals surface area contributed by atoms with Gasteiger partial charge < -0.3 is 25.2 Å². The molecular formula is C22H27N9O4. The van der Waals surface area contributed by atoms with Gasteiger partial charge in [-0.1, -0.05) is 6.92 Å². The molecule has 1 saturated heterocycles. The highest BCUT2D eigenvalue weighted by Crippen LogP contribution is 2.38. The lowest BCUT2D eigenvalue weighted by Crippen LogP contribution is -2.51. The highest BCUT2D eigenvalue weighted by Gasteiger charge is 2.32. The van der Waals surface area contributed by atoms with Crippen LogP contribution in [0.1, 0.15) is 53.4 Å². The minimum absolute atomic E-state index is 0.0411. The lowest BCUT2D eigenvalue weighted by molar-refractivity contribution is -0.118. The molecule has 2 aliphatic rings. The van der Waals surface area contributed by atoms with Crippen LogP contribution >= 0.6 is 0 Å². The van der Waals surface area contributed by atoms with E-state index in [1.54, 1.807) is 16.4 Å². The molecule has 0 bridgehead atoms. The quantitative estimate of drug-likeness (QED) is 0.476. The first kappa shape index (κ1) is 22.7. The van der Waals surface area contributed by atoms with Gasteiger partial charge in [-0.2, -0.15) is 9.50 Å². The summed E-state index contributed by atoms with van der Waals surface area (Å²) in [5, 5.41) is 14.7. The van der Waals surface area contributed by atoms with Crippen LogP contribution < -0.4 is 16.2 Å². The second kappa shape index (κ2) is 8.64. The Labute approximate surface area is 200 Å². The van der Waals surface area contributed by atoms with Crippen molar-refractivity contribution in [3.63, 3.8) is 0 Å². The van der Waals surface area contributed by atoms with Crippen LogP contribution in [0.15, 0.2) is 11.1 Å². The van der Waals surface area contributed by atoms with Crippen LogP contribution in [0.2, 0.25) is 0 Å². The molecule has 3 aromatic heterocycles. The van der Waals surface area contributed by atoms with E-state index in [1.165, 1.54) is 10.8 Å². The highest BCUT2D eigenvalue weighted by molar-refractivity contribution is 5.95. The van der Waals surface area contributed by atoms with E-state index in [9.17, 15) is 19.5 Å². The first-order valence-corrected chi connectivity index (χ1v) is 11.7. The number of primary amides is 1. The topological polar surface area (TPSA) is 165 Å². The Balaban J connectivity index is 1.48. The number of fused-ring (bicyclic) bond motifs is 1. The minimum atomic E-state index is -0.539. The maximum absolute atomic E-state index is 13.6. The number of anilines is 1. The molecule has 35 heavy (non-hydrogen) atoms. The Bertz CT molecular complexity index is 1380. The summed E-state index contributed by atoms with van der Waals surface area (Å²) in [7, 11) is 0. The average molecular weight is 482 g/mol. The molecule has 4 heterocycles. The third-order valence-electron chi connectivity index (χ3n) is 6.52. The molecule has 2 amide bonds. The Morgan fingerprint density at radius 2 is 1.89 bits per heavy atom. The molecule has 13 nitrogen and oxygen atoms in total. The molecule has 3 N–H and O–H groups in total. The smallest absolute Gasteiger partial charge is 0.299 e. The standard InChI is InChI=1S/C22H27N9O4/c1-3-14-17(21(35)31-22(30(14)10-15(23)32)26-19(27-31)13-4-5-13)28-6-8-29(9-7-28)20(34)16-18(33)12(2)24-11-25-16/h11,13,33H,3-10H2,1-2H3,(H2,23,32). The van der Waals surface area contributed by atoms with Crippen molar-refractivity contribution in [3.8, 4) is 5.75 Å². The van der Waals surface area contributed by atoms with Gasteiger partial charge in [0.1, 0.15) is 18.6 Å². The van der Waals surface area contributed by atoms with Gasteiger partial charge in [0, 0.05) is 32.1 Å². The van der Waals surface area contributed by atoms with Crippen LogP contribution in [-0.4, -0.2) is 77.1 Å². The van der Waals surface area contributed by atoms with Gasteiger partial charge in [-0.25, -0.2) is 9.97 Å². The van der Waals surface area contributed by atoms with E-state index in [-0.39, 0.29) is 29.5 Å². The van der Waals surface area contributed by atoms with E-state index < -0.39 is 11.8 Å². The summed E-state index contributed by atoms with van der Waals surface area (Å²) in [6.45, 7) is 4.79. The Morgan fingerprint density at radius 1 is 1.17 bits per heavy atom. The molecule has 1 aliphatic carbocycles. The molecule has 2 fully saturated rings. The monoisotopic (exact) mass is 481 g/mol. The normalized spacial score (nSPS) is 16.2. The molecule has 0 spiro atoms. The van der Waals surface area contributed by atoms with Crippen LogP contribution in [0.4, 0.5) is 5.69 Å². The lowest BCUT2D eigenvalue weighted by Gasteiger charge is -2.36. The van der Waals surface area contributed by atoms with E-state index in [1.807, 2.05) is 11.8 Å². The van der Waals surface area contributed by atoms with Gasteiger partial charge in [-0.15, -0.1) is 5.10 Å². The molecule has 1 saturated carbocycles. The number of carbonyl (C=O) groups is 2. The molecule has 1 aliphatic heterocycles. The molecule has 0 atom stereocenters. The molecule has 13 heteroatoms. The summed E-state index contributed by atoms with van der Waals surface area (Å²) in [4.78, 5) is 54.3. The fraction of sp³-hybridized carbons (Fsp3) is 0.500. The summed E-state index contributed by atoms with van der Waals surface area (Å²) in [6, 6.07) is 0. The number of amides is 2. The van der Waals surface area contributed by atoms with Crippen LogP contribution in [-0.2, 0) is 17.8 Å². The third kappa shape index (κ3) is 3.96. The van der Waals surface area contributed by atoms with E-state index in [2.05, 4.69) is 20.1 Å². The number of hydrogen-bond donors (Lipinski definition) is 2. The SMILES string of the molecule is CCc1c(N2CCN(C(=O)c3ncnc(C)c3O)CC2)c(=O)n2nc(C3CC3)nc2n1CC(N)=O. The molecule has 3 aromatic rings. The number of aromatic hydroxyl groups is 1. The predicted molar refractivity (Wildman–Crippen MR) is 124 cm³/mol. The molecule has 5 rings (SSSR count). The van der Waals surface area contributed by atoms with Crippen molar-refractivity contribution >= 4 is 23.3 Å². The Morgan fingerprint density at radius 3 is 2.51 bits per heavy atom. The predicted octanol–water partition coefficient (Wildman–Crippen LogP) is -0.417. The summed E-state index contributed by atoms with van der Waals surface area (Å²) >= 11 is 0. The molecule has 0 aromatic carbocycles. The zero-order valence-electron chi connectivity index (χ0n) is 19.6. The third-order valence-corrected chi connectivity index (χ3v) is 6.52. The maximum atomic E-state index is 13.6. The van der Waals surface area contributed by atoms with Crippen molar-refractivity contribution in [1.82, 2.24) is 34.0 Å². The second-order valence-corrected chi connectivity index (χ2v) is 8.90. The number of hydrogen-bond acceptors (Lipinski definition) is 9. The van der Waals surface area contributed by atoms with Gasteiger partial charge in [0.05, 0.1) is 11.4 Å². The zero-order chi connectivity index (χ0) is 24.9. The van der Waals surface area contributed by atoms with Gasteiger partial charge >= 0.3 is 0 Å². The summed E-state index contributed by atoms with van der Waals surface area (Å²) < 4.78 is 2.95. The van der Waals surface area contributed by atoms with E-state index in [4.69, 9.17) is 5.73 Å². The maximum Gasteiger partial charge on any atom is 0.299 e. The van der Waals surface area contributed by atoms with Gasteiger partial charge in [-0.3, -0.25) is 14.4 Å². The number of nitrogens with zero attached hydrogens (tertiary/aromatic N) is 8. The first-order valence-electron chi connectivity index (χ1n) is 11.7. The number of piperazine rings is 1. The Kier molecular flexibility index (Phi) is 5.61. The Hall–Kier alpha value is -4.03. The van der Waals surface area contributed by atoms with Crippen LogP contribution in [0.5, 0.6) is 5.75 Å². The molecule has 0 radical (unpaired) electrons. The lowest BCUT2D eigenvalue weighted by atomic mass is 10.2. The number of rotatable bonds is 6. The van der Waals surface area contributed by atoms with Crippen molar-refractivity contribution in [2.75, 3.05) is 31.1 Å². The summed E-state index contributed by atoms with van der Waals surface area (Å²) in [5.41, 5.74) is 6.60. The molecular weight excluding hydrogens is 454 g/mol. The first-order chi connectivity index (χ1) is 16.8. The van der Waals surface area contributed by atoms with E-state index in [0.29, 0.717) is 61.3 Å². The van der Waals surface area contributed by atoms with Gasteiger partial charge in [0.25, 0.3) is 11.5 Å². The van der Waals surface area contributed by atoms with E-state index in [0.717, 1.165) is 12.8 Å². The largest absolute Gasteiger partial charge is 0.504 e. The highest BCUT2D eigenvalue weighted by atomic mass is 16.3. The van der Waals surface area contributed by atoms with Crippen molar-refractivity contribution in [2.24, 2.45) is 5.73 Å². The van der Waals surface area contributed by atoms with Gasteiger partial charge in [0.15, 0.2) is 17.3 Å². The van der Waals surface area contributed by atoms with Crippen LogP contribution in [0, 0.1) is 6.92 Å². The van der Waals surface area contributed by atoms with Crippen LogP contribution in [0.25, 0.3) is 5.78 Å². The van der Waals surface area contributed by atoms with Crippen molar-refractivity contribution in [1.29, 1.82) is 0 Å². The van der Waals surface area contributed by atoms with Crippen LogP contribution in [0.3, 0.4) is 0 Å². The number of aryl methyl sites for hydroxylation is 1. The zero-order valence-corrected chi connectivity index (χ0v) is 19.6. The van der Waals surface area contributed by atoms with Crippen molar-refractivity contribution in [3.05, 3.63) is 39.6 Å². The minimum Gasteiger partial charge on any atom is -0.504 e. The molecule has 0 unspecified atom stereocenters. The summed E-state index contributed by atoms with van der Waals surface area (Å²) in [6.07, 6.45) is 3.68. The fourth-order valence-corrected chi connectivity index (χ4v) is 4.52. The fourth-order valence-electron chi connectivity index (χ4n) is 4.52. The second-order valence-electron chi connectivity index (χ2n) is 8.90. The van der Waals surface area contributed by atoms with Gasteiger partial charge in [0.2, 0.25) is 11.7 Å². The number of aromatic nitrogens is 6. The van der Waals surface area contributed by atoms with E-state index >= 15 is 0 Å².